The number of fused-ring (bicyclic) bond motifs is 2. The van der Waals surface area contributed by atoms with E-state index in [9.17, 15) is 25.2 Å². The van der Waals surface area contributed by atoms with Crippen LogP contribution in [0.25, 0.3) is 0 Å². The first-order chi connectivity index (χ1) is 25.2. The molecular weight excluding hydrogens is 698 g/mol. The summed E-state index contributed by atoms with van der Waals surface area (Å²) < 4.78 is 45.4. The molecule has 0 saturated carbocycles. The molecule has 13 nitrogen and oxygen atoms in total. The second-order valence-corrected chi connectivity index (χ2v) is 17.4. The van der Waals surface area contributed by atoms with E-state index in [1.54, 1.807) is 27.7 Å². The molecule has 0 aliphatic carbocycles. The number of aliphatic hydroxyl groups excluding tert-OH is 3. The Hall–Kier alpha value is -1.39. The zero-order valence-electron chi connectivity index (χ0n) is 35.2. The Labute approximate surface area is 324 Å². The van der Waals surface area contributed by atoms with E-state index in [4.69, 9.17) is 33.2 Å². The molecule has 4 rings (SSSR count). The fourth-order valence-corrected chi connectivity index (χ4v) is 9.59. The number of cyclic esters (lactones) is 1. The van der Waals surface area contributed by atoms with Gasteiger partial charge >= 0.3 is 5.97 Å². The maximum absolute atomic E-state index is 14.4. The van der Waals surface area contributed by atoms with Crippen LogP contribution in [0.2, 0.25) is 0 Å². The number of hydrogen-bond donors (Lipinski definition) is 4. The van der Waals surface area contributed by atoms with Crippen LogP contribution in [0.3, 0.4) is 0 Å². The van der Waals surface area contributed by atoms with Crippen LogP contribution >= 0.6 is 0 Å². The highest BCUT2D eigenvalue weighted by Crippen LogP contribution is 2.48. The average Bonchev–Trinajstić information content (AvgIpc) is 3.43. The van der Waals surface area contributed by atoms with Gasteiger partial charge in [-0.15, -0.1) is 0 Å². The first-order valence-electron chi connectivity index (χ1n) is 20.5. The van der Waals surface area contributed by atoms with Gasteiger partial charge in [0.1, 0.15) is 41.4 Å². The van der Waals surface area contributed by atoms with Crippen molar-refractivity contribution in [2.24, 2.45) is 17.8 Å². The number of aliphatic hydroxyl groups is 4. The summed E-state index contributed by atoms with van der Waals surface area (Å²) in [6.45, 7) is 24.1. The van der Waals surface area contributed by atoms with Crippen LogP contribution in [0.15, 0.2) is 11.3 Å². The molecule has 4 N–H and O–H groups in total. The molecular formula is C41H73NO12. The molecule has 3 fully saturated rings. The summed E-state index contributed by atoms with van der Waals surface area (Å²) in [6, 6.07) is -0.186. The molecule has 314 valence electrons. The number of carbonyl (C=O) groups is 1. The largest absolute Gasteiger partial charge is 0.488 e. The van der Waals surface area contributed by atoms with Gasteiger partial charge in [-0.25, -0.2) is 0 Å². The highest BCUT2D eigenvalue weighted by molar-refractivity contribution is 5.73. The predicted molar refractivity (Wildman–Crippen MR) is 202 cm³/mol. The number of hydrogen-bond acceptors (Lipinski definition) is 13. The highest BCUT2D eigenvalue weighted by Gasteiger charge is 2.57. The van der Waals surface area contributed by atoms with Gasteiger partial charge in [-0.1, -0.05) is 34.6 Å². The van der Waals surface area contributed by atoms with Gasteiger partial charge in [-0.2, -0.15) is 0 Å². The molecule has 54 heavy (non-hydrogen) atoms. The zero-order chi connectivity index (χ0) is 40.5. The summed E-state index contributed by atoms with van der Waals surface area (Å²) in [5.41, 5.74) is -2.95. The highest BCUT2D eigenvalue weighted by atomic mass is 16.7. The lowest BCUT2D eigenvalue weighted by Crippen LogP contribution is -2.61. The second kappa shape index (κ2) is 18.0. The lowest BCUT2D eigenvalue weighted by Gasteiger charge is -2.49. The van der Waals surface area contributed by atoms with E-state index in [2.05, 4.69) is 18.7 Å². The molecule has 0 aromatic carbocycles. The molecule has 4 aliphatic heterocycles. The smallest absolute Gasteiger partial charge is 0.311 e. The number of esters is 1. The zero-order valence-corrected chi connectivity index (χ0v) is 35.2. The summed E-state index contributed by atoms with van der Waals surface area (Å²) in [7, 11) is 1.53. The minimum Gasteiger partial charge on any atom is -0.488 e. The first-order valence-corrected chi connectivity index (χ1v) is 20.5. The normalized spacial score (nSPS) is 44.0. The van der Waals surface area contributed by atoms with Crippen LogP contribution in [-0.2, 0) is 38.0 Å². The lowest BCUT2D eigenvalue weighted by atomic mass is 9.78. The fourth-order valence-electron chi connectivity index (χ4n) is 9.59. The van der Waals surface area contributed by atoms with E-state index in [0.29, 0.717) is 18.6 Å². The molecule has 13 heteroatoms. The van der Waals surface area contributed by atoms with Gasteiger partial charge in [-0.05, 0) is 92.8 Å². The monoisotopic (exact) mass is 772 g/mol. The van der Waals surface area contributed by atoms with E-state index >= 15 is 0 Å². The lowest BCUT2D eigenvalue weighted by molar-refractivity contribution is -0.317. The number of rotatable bonds is 13. The molecule has 0 amide bonds. The van der Waals surface area contributed by atoms with Crippen molar-refractivity contribution < 1.29 is 58.4 Å². The van der Waals surface area contributed by atoms with Gasteiger partial charge in [-0.3, -0.25) is 9.69 Å². The van der Waals surface area contributed by atoms with E-state index in [0.717, 1.165) is 31.5 Å². The molecule has 0 radical (unpaired) electrons. The molecule has 0 aromatic rings. The van der Waals surface area contributed by atoms with Crippen molar-refractivity contribution in [3.8, 4) is 0 Å². The number of carbonyl (C=O) groups excluding carboxylic acids is 1. The number of nitrogens with zero attached hydrogens (tertiary/aromatic N) is 1. The third-order valence-corrected chi connectivity index (χ3v) is 12.8. The Bertz CT molecular complexity index is 1270. The standard InChI is InChI=1S/C41H73NO12/c1-14-17-42(18-15-2)28-19-23(5)49-38(31(28)44)53-35-25(7)33(51-30-21-39(10,48-13)34(45)27(9)50-30)26(8)37(46)52-36(41(12,47)29(43)16-3)24(6)32-22(4)20-40(35,11)54-32/h23-31,33-36,38,43-45,47H,14-21H2,1-13H3/t23?,24-,25-,26+,27?,28?,29+,30-,31?,33-,34-,35+,36+,38-,39?,40?,41+/m0/s1. The molecule has 3 saturated heterocycles. The van der Waals surface area contributed by atoms with Crippen molar-refractivity contribution in [2.75, 3.05) is 20.2 Å². The van der Waals surface area contributed by atoms with Crippen molar-refractivity contribution in [3.05, 3.63) is 11.3 Å². The molecule has 0 aromatic heterocycles. The van der Waals surface area contributed by atoms with Gasteiger partial charge in [0.25, 0.3) is 0 Å². The van der Waals surface area contributed by atoms with Crippen LogP contribution in [0.1, 0.15) is 122 Å². The van der Waals surface area contributed by atoms with E-state index < -0.39 is 95.8 Å². The maximum atomic E-state index is 14.4. The van der Waals surface area contributed by atoms with E-state index in [1.165, 1.54) is 14.0 Å². The predicted octanol–water partition coefficient (Wildman–Crippen LogP) is 4.45. The fraction of sp³-hybridized carbons (Fsp3) is 0.927. The van der Waals surface area contributed by atoms with Crippen molar-refractivity contribution in [1.82, 2.24) is 4.90 Å². The Kier molecular flexibility index (Phi) is 15.1. The third-order valence-electron chi connectivity index (χ3n) is 12.8. The van der Waals surface area contributed by atoms with Gasteiger partial charge in [0.2, 0.25) is 0 Å². The van der Waals surface area contributed by atoms with Crippen molar-refractivity contribution in [1.29, 1.82) is 0 Å². The van der Waals surface area contributed by atoms with Gasteiger partial charge in [0.05, 0.1) is 41.9 Å². The van der Waals surface area contributed by atoms with Crippen molar-refractivity contribution in [2.45, 2.75) is 206 Å². The molecule has 2 bridgehead atoms. The molecule has 17 atom stereocenters. The van der Waals surface area contributed by atoms with E-state index in [-0.39, 0.29) is 25.0 Å². The summed E-state index contributed by atoms with van der Waals surface area (Å²) in [6.07, 6.45) is -5.31. The van der Waals surface area contributed by atoms with Crippen LogP contribution < -0.4 is 0 Å². The molecule has 0 spiro atoms. The number of ether oxygens (including phenoxy) is 7. The Balaban J connectivity index is 1.83. The van der Waals surface area contributed by atoms with Crippen LogP contribution in [0, 0.1) is 17.8 Å². The second-order valence-electron chi connectivity index (χ2n) is 17.4. The summed E-state index contributed by atoms with van der Waals surface area (Å²) in [4.78, 5) is 16.7. The quantitative estimate of drug-likeness (QED) is 0.194. The Morgan fingerprint density at radius 3 is 2.20 bits per heavy atom. The summed E-state index contributed by atoms with van der Waals surface area (Å²) >= 11 is 0. The van der Waals surface area contributed by atoms with Crippen LogP contribution in [0.4, 0.5) is 0 Å². The minimum absolute atomic E-state index is 0.176. The van der Waals surface area contributed by atoms with Crippen molar-refractivity contribution >= 4 is 5.97 Å². The number of methoxy groups -OCH3 is 1. The third kappa shape index (κ3) is 9.16. The topological polar surface area (TPSA) is 166 Å². The van der Waals surface area contributed by atoms with Crippen molar-refractivity contribution in [3.63, 3.8) is 0 Å². The first kappa shape index (κ1) is 45.3. The SMILES string of the molecule is CCCN(CCC)C1CC(C)O[C@@H](O[C@@H]2[C@@H](C)[C@H](O[C@H]3CC(C)(OC)[C@@H](O)C(C)O3)[C@@H](C)C(=O)O[C@@H]([C@](C)(O)[C@H](O)CC)[C@@H](C)C3=C(C)CC2(C)O3)C1O. The maximum Gasteiger partial charge on any atom is 0.311 e. The van der Waals surface area contributed by atoms with Crippen LogP contribution in [0.5, 0.6) is 0 Å². The molecule has 4 heterocycles. The van der Waals surface area contributed by atoms with Crippen LogP contribution in [-0.4, -0.2) is 136 Å². The van der Waals surface area contributed by atoms with Gasteiger partial charge in [0, 0.05) is 31.9 Å². The Morgan fingerprint density at radius 2 is 1.63 bits per heavy atom. The Morgan fingerprint density at radius 1 is 1.00 bits per heavy atom. The molecule has 4 aliphatic rings. The van der Waals surface area contributed by atoms with E-state index in [1.807, 2.05) is 34.6 Å². The van der Waals surface area contributed by atoms with Gasteiger partial charge in [0.15, 0.2) is 12.6 Å². The van der Waals surface area contributed by atoms with Gasteiger partial charge < -0.3 is 53.6 Å². The average molecular weight is 772 g/mol. The molecule has 6 unspecified atom stereocenters. The minimum atomic E-state index is -1.82. The summed E-state index contributed by atoms with van der Waals surface area (Å²) in [5.74, 6) is -2.25. The summed E-state index contributed by atoms with van der Waals surface area (Å²) in [5, 5.41) is 45.8.